The first kappa shape index (κ1) is 13.3. The van der Waals surface area contributed by atoms with Gasteiger partial charge in [0.15, 0.2) is 0 Å². The summed E-state index contributed by atoms with van der Waals surface area (Å²) in [5.41, 5.74) is 0.478. The van der Waals surface area contributed by atoms with Gasteiger partial charge in [0, 0.05) is 13.5 Å². The first-order chi connectivity index (χ1) is 9.11. The Kier molecular flexibility index (Phi) is 3.97. The molecule has 0 aliphatic heterocycles. The third kappa shape index (κ3) is 3.00. The fourth-order valence-electron chi connectivity index (χ4n) is 1.82. The summed E-state index contributed by atoms with van der Waals surface area (Å²) in [6.45, 7) is 1.86. The summed E-state index contributed by atoms with van der Waals surface area (Å²) >= 11 is 0. The van der Waals surface area contributed by atoms with Crippen LogP contribution in [-0.4, -0.2) is 28.3 Å². The summed E-state index contributed by atoms with van der Waals surface area (Å²) in [5, 5.41) is 9.94. The molecule has 1 aromatic heterocycles. The number of aromatic nitrogens is 2. The monoisotopic (exact) mass is 260 g/mol. The van der Waals surface area contributed by atoms with Gasteiger partial charge < -0.3 is 14.8 Å². The highest BCUT2D eigenvalue weighted by Gasteiger charge is 2.13. The Morgan fingerprint density at radius 1 is 1.37 bits per heavy atom. The number of nitrogens with one attached hydrogen (secondary N) is 1. The van der Waals surface area contributed by atoms with E-state index in [2.05, 4.69) is 9.97 Å². The molecule has 0 aliphatic carbocycles. The van der Waals surface area contributed by atoms with Crippen molar-refractivity contribution in [3.63, 3.8) is 0 Å². The van der Waals surface area contributed by atoms with Crippen molar-refractivity contribution in [1.82, 2.24) is 9.97 Å². The quantitative estimate of drug-likeness (QED) is 0.877. The van der Waals surface area contributed by atoms with Crippen LogP contribution in [0.25, 0.3) is 11.1 Å². The van der Waals surface area contributed by atoms with E-state index in [0.717, 1.165) is 0 Å². The highest BCUT2D eigenvalue weighted by Crippen LogP contribution is 2.22. The predicted molar refractivity (Wildman–Crippen MR) is 72.1 cm³/mol. The summed E-state index contributed by atoms with van der Waals surface area (Å²) in [5.74, 6) is 0.157. The zero-order valence-electron chi connectivity index (χ0n) is 10.9. The fourth-order valence-corrected chi connectivity index (χ4v) is 1.82. The summed E-state index contributed by atoms with van der Waals surface area (Å²) in [4.78, 5) is 18.7. The van der Waals surface area contributed by atoms with Crippen LogP contribution in [0, 0.1) is 0 Å². The van der Waals surface area contributed by atoms with Gasteiger partial charge in [-0.1, -0.05) is 30.3 Å². The van der Waals surface area contributed by atoms with E-state index in [-0.39, 0.29) is 23.1 Å². The van der Waals surface area contributed by atoms with Gasteiger partial charge in [-0.05, 0) is 12.5 Å². The van der Waals surface area contributed by atoms with Gasteiger partial charge >= 0.3 is 0 Å². The zero-order chi connectivity index (χ0) is 13.8. The molecule has 100 valence electrons. The molecular formula is C14H16N2O3. The van der Waals surface area contributed by atoms with Crippen molar-refractivity contribution in [2.24, 2.45) is 0 Å². The third-order valence-corrected chi connectivity index (χ3v) is 2.89. The summed E-state index contributed by atoms with van der Waals surface area (Å²) < 4.78 is 5.11. The van der Waals surface area contributed by atoms with Gasteiger partial charge in [0.25, 0.3) is 5.56 Å². The number of aromatic hydroxyl groups is 1. The summed E-state index contributed by atoms with van der Waals surface area (Å²) in [7, 11) is 1.58. The normalized spacial score (nSPS) is 12.3. The SMILES string of the molecule is COC(C)Cc1nc(O)c(-c2ccccc2)c(=O)[nH]1. The molecule has 0 bridgehead atoms. The van der Waals surface area contributed by atoms with Crippen LogP contribution >= 0.6 is 0 Å². The van der Waals surface area contributed by atoms with E-state index in [1.165, 1.54) is 0 Å². The smallest absolute Gasteiger partial charge is 0.262 e. The van der Waals surface area contributed by atoms with Gasteiger partial charge in [-0.3, -0.25) is 4.79 Å². The molecule has 0 amide bonds. The van der Waals surface area contributed by atoms with E-state index in [0.29, 0.717) is 17.8 Å². The average molecular weight is 260 g/mol. The van der Waals surface area contributed by atoms with Crippen molar-refractivity contribution < 1.29 is 9.84 Å². The first-order valence-electron chi connectivity index (χ1n) is 6.02. The van der Waals surface area contributed by atoms with Crippen LogP contribution in [-0.2, 0) is 11.2 Å². The second kappa shape index (κ2) is 5.67. The topological polar surface area (TPSA) is 75.2 Å². The molecule has 5 nitrogen and oxygen atoms in total. The maximum atomic E-state index is 12.0. The number of nitrogens with zero attached hydrogens (tertiary/aromatic N) is 1. The molecule has 1 atom stereocenters. The van der Waals surface area contributed by atoms with Crippen molar-refractivity contribution in [1.29, 1.82) is 0 Å². The Labute approximate surface area is 110 Å². The number of H-pyrrole nitrogens is 1. The number of rotatable bonds is 4. The number of methoxy groups -OCH3 is 1. The Morgan fingerprint density at radius 3 is 2.63 bits per heavy atom. The fraction of sp³-hybridized carbons (Fsp3) is 0.286. The minimum atomic E-state index is -0.350. The lowest BCUT2D eigenvalue weighted by Gasteiger charge is -2.10. The molecule has 0 fully saturated rings. The van der Waals surface area contributed by atoms with Crippen molar-refractivity contribution in [2.45, 2.75) is 19.4 Å². The molecule has 5 heteroatoms. The van der Waals surface area contributed by atoms with Crippen LogP contribution in [0.15, 0.2) is 35.1 Å². The second-order valence-corrected chi connectivity index (χ2v) is 4.33. The van der Waals surface area contributed by atoms with Crippen molar-refractivity contribution in [2.75, 3.05) is 7.11 Å². The highest BCUT2D eigenvalue weighted by molar-refractivity contribution is 5.66. The lowest BCUT2D eigenvalue weighted by atomic mass is 10.1. The van der Waals surface area contributed by atoms with Gasteiger partial charge in [0.05, 0.1) is 6.10 Å². The predicted octanol–water partition coefficient (Wildman–Crippen LogP) is 1.72. The summed E-state index contributed by atoms with van der Waals surface area (Å²) in [6, 6.07) is 8.95. The molecule has 1 unspecified atom stereocenters. The van der Waals surface area contributed by atoms with E-state index in [9.17, 15) is 9.90 Å². The number of aromatic amines is 1. The zero-order valence-corrected chi connectivity index (χ0v) is 10.9. The van der Waals surface area contributed by atoms with Crippen LogP contribution in [0.1, 0.15) is 12.7 Å². The van der Waals surface area contributed by atoms with E-state index in [1.54, 1.807) is 31.4 Å². The summed E-state index contributed by atoms with van der Waals surface area (Å²) in [6.07, 6.45) is 0.360. The van der Waals surface area contributed by atoms with Crippen LogP contribution in [0.4, 0.5) is 0 Å². The van der Waals surface area contributed by atoms with E-state index >= 15 is 0 Å². The number of hydrogen-bond donors (Lipinski definition) is 2. The molecule has 0 saturated heterocycles. The van der Waals surface area contributed by atoms with E-state index in [1.807, 2.05) is 13.0 Å². The van der Waals surface area contributed by atoms with Gasteiger partial charge in [0.2, 0.25) is 5.88 Å². The molecule has 0 saturated carbocycles. The third-order valence-electron chi connectivity index (χ3n) is 2.89. The molecule has 2 rings (SSSR count). The lowest BCUT2D eigenvalue weighted by Crippen LogP contribution is -2.18. The molecule has 1 heterocycles. The Morgan fingerprint density at radius 2 is 2.05 bits per heavy atom. The molecule has 0 aliphatic rings. The first-order valence-corrected chi connectivity index (χ1v) is 6.02. The van der Waals surface area contributed by atoms with Crippen molar-refractivity contribution in [3.8, 4) is 17.0 Å². The molecule has 2 N–H and O–H groups in total. The molecule has 0 radical (unpaired) electrons. The molecular weight excluding hydrogens is 244 g/mol. The molecule has 19 heavy (non-hydrogen) atoms. The number of hydrogen-bond acceptors (Lipinski definition) is 4. The number of ether oxygens (including phenoxy) is 1. The molecule has 2 aromatic rings. The van der Waals surface area contributed by atoms with Crippen LogP contribution in [0.3, 0.4) is 0 Å². The highest BCUT2D eigenvalue weighted by atomic mass is 16.5. The van der Waals surface area contributed by atoms with Crippen LogP contribution in [0.5, 0.6) is 5.88 Å². The van der Waals surface area contributed by atoms with Crippen LogP contribution < -0.4 is 5.56 Å². The van der Waals surface area contributed by atoms with E-state index < -0.39 is 0 Å². The van der Waals surface area contributed by atoms with Gasteiger partial charge in [-0.25, -0.2) is 0 Å². The molecule has 1 aromatic carbocycles. The van der Waals surface area contributed by atoms with Gasteiger partial charge in [-0.15, -0.1) is 0 Å². The Bertz CT molecular complexity index is 608. The largest absolute Gasteiger partial charge is 0.493 e. The second-order valence-electron chi connectivity index (χ2n) is 4.33. The Balaban J connectivity index is 2.41. The van der Waals surface area contributed by atoms with Gasteiger partial charge in [0.1, 0.15) is 11.4 Å². The van der Waals surface area contributed by atoms with E-state index in [4.69, 9.17) is 4.74 Å². The lowest BCUT2D eigenvalue weighted by molar-refractivity contribution is 0.117. The maximum Gasteiger partial charge on any atom is 0.262 e. The van der Waals surface area contributed by atoms with Gasteiger partial charge in [-0.2, -0.15) is 4.98 Å². The molecule has 0 spiro atoms. The van der Waals surface area contributed by atoms with Crippen molar-refractivity contribution in [3.05, 3.63) is 46.5 Å². The number of benzene rings is 1. The Hall–Kier alpha value is -2.14. The standard InChI is InChI=1S/C14H16N2O3/c1-9(19-2)8-11-15-13(17)12(14(18)16-11)10-6-4-3-5-7-10/h3-7,9H,8H2,1-2H3,(H2,15,16,17,18). The minimum absolute atomic E-state index is 0.0786. The average Bonchev–Trinajstić information content (AvgIpc) is 2.39. The minimum Gasteiger partial charge on any atom is -0.493 e. The van der Waals surface area contributed by atoms with Crippen LogP contribution in [0.2, 0.25) is 0 Å². The maximum absolute atomic E-state index is 12.0. The van der Waals surface area contributed by atoms with Crippen molar-refractivity contribution >= 4 is 0 Å².